The Balaban J connectivity index is 2.06. The zero-order valence-corrected chi connectivity index (χ0v) is 13.8. The normalized spacial score (nSPS) is 11.1. The van der Waals surface area contributed by atoms with Gasteiger partial charge in [-0.2, -0.15) is 0 Å². The highest BCUT2D eigenvalue weighted by Gasteiger charge is 2.21. The number of nitrogens with zero attached hydrogens (tertiary/aromatic N) is 4. The first-order valence-corrected chi connectivity index (χ1v) is 7.83. The molecule has 6 heteroatoms. The second-order valence-electron chi connectivity index (χ2n) is 5.85. The summed E-state index contributed by atoms with van der Waals surface area (Å²) in [5, 5.41) is 10.3. The van der Waals surface area contributed by atoms with Gasteiger partial charge in [0.05, 0.1) is 22.3 Å². The lowest BCUT2D eigenvalue weighted by atomic mass is 10.00. The number of aromatic nitrogens is 4. The smallest absolute Gasteiger partial charge is 0.275 e. The molecule has 0 spiro atoms. The zero-order valence-electron chi connectivity index (χ0n) is 13.8. The van der Waals surface area contributed by atoms with Gasteiger partial charge < -0.3 is 5.11 Å². The quantitative estimate of drug-likeness (QED) is 0.612. The molecule has 0 fully saturated rings. The molecule has 0 radical (unpaired) electrons. The number of phenolic OH excluding ortho intramolecular Hbond substituents is 1. The second kappa shape index (κ2) is 5.59. The van der Waals surface area contributed by atoms with E-state index in [1.54, 1.807) is 48.4 Å². The van der Waals surface area contributed by atoms with Gasteiger partial charge in [-0.15, -0.1) is 0 Å². The van der Waals surface area contributed by atoms with Gasteiger partial charge in [0.25, 0.3) is 5.56 Å². The molecule has 0 unspecified atom stereocenters. The van der Waals surface area contributed by atoms with Crippen molar-refractivity contribution in [2.45, 2.75) is 0 Å². The van der Waals surface area contributed by atoms with E-state index >= 15 is 0 Å². The molecule has 0 bridgehead atoms. The third-order valence-corrected chi connectivity index (χ3v) is 4.43. The van der Waals surface area contributed by atoms with Crippen LogP contribution in [-0.2, 0) is 14.1 Å². The van der Waals surface area contributed by atoms with Crippen LogP contribution in [0, 0.1) is 0 Å². The standard InChI is InChI=1S/C19H16N4O2/c1-22-18(12-7-8-14-15(11-12)21-10-9-20-14)17(19(25)23(22)2)13-5-3-4-6-16(13)24/h3-11,24H,1-2H3. The van der Waals surface area contributed by atoms with E-state index in [0.29, 0.717) is 11.1 Å². The van der Waals surface area contributed by atoms with Crippen molar-refractivity contribution >= 4 is 11.0 Å². The monoisotopic (exact) mass is 332 g/mol. The molecule has 0 aliphatic rings. The molecule has 0 aliphatic heterocycles. The summed E-state index contributed by atoms with van der Waals surface area (Å²) in [5.74, 6) is 0.0765. The van der Waals surface area contributed by atoms with Gasteiger partial charge in [0.1, 0.15) is 5.75 Å². The fourth-order valence-corrected chi connectivity index (χ4v) is 3.08. The highest BCUT2D eigenvalue weighted by atomic mass is 16.3. The summed E-state index contributed by atoms with van der Waals surface area (Å²) in [5.41, 5.74) is 3.91. The van der Waals surface area contributed by atoms with E-state index in [0.717, 1.165) is 22.3 Å². The van der Waals surface area contributed by atoms with Crippen LogP contribution in [0.15, 0.2) is 59.7 Å². The lowest BCUT2D eigenvalue weighted by Crippen LogP contribution is -2.17. The fraction of sp³-hybridized carbons (Fsp3) is 0.105. The van der Waals surface area contributed by atoms with E-state index in [9.17, 15) is 9.90 Å². The third-order valence-electron chi connectivity index (χ3n) is 4.43. The van der Waals surface area contributed by atoms with Crippen LogP contribution in [0.25, 0.3) is 33.4 Å². The molecule has 2 aromatic carbocycles. The number of hydrogen-bond donors (Lipinski definition) is 1. The van der Waals surface area contributed by atoms with Gasteiger partial charge in [0.2, 0.25) is 0 Å². The van der Waals surface area contributed by atoms with Crippen molar-refractivity contribution < 1.29 is 5.11 Å². The maximum absolute atomic E-state index is 12.8. The first-order valence-electron chi connectivity index (χ1n) is 7.83. The molecular formula is C19H16N4O2. The number of aromatic hydroxyl groups is 1. The molecule has 0 amide bonds. The molecular weight excluding hydrogens is 316 g/mol. The predicted molar refractivity (Wildman–Crippen MR) is 96.3 cm³/mol. The number of fused-ring (bicyclic) bond motifs is 1. The van der Waals surface area contributed by atoms with Crippen molar-refractivity contribution in [2.24, 2.45) is 14.1 Å². The Labute approximate surface area is 143 Å². The first-order chi connectivity index (χ1) is 12.1. The van der Waals surface area contributed by atoms with Crippen LogP contribution >= 0.6 is 0 Å². The van der Waals surface area contributed by atoms with Crippen LogP contribution in [0.1, 0.15) is 0 Å². The summed E-state index contributed by atoms with van der Waals surface area (Å²) in [6.07, 6.45) is 3.29. The van der Waals surface area contributed by atoms with E-state index in [1.807, 2.05) is 25.2 Å². The molecule has 0 aliphatic carbocycles. The minimum atomic E-state index is -0.168. The summed E-state index contributed by atoms with van der Waals surface area (Å²) in [6.45, 7) is 0. The Kier molecular flexibility index (Phi) is 3.39. The highest BCUT2D eigenvalue weighted by molar-refractivity contribution is 5.87. The Hall–Kier alpha value is -3.41. The molecule has 0 atom stereocenters. The molecule has 6 nitrogen and oxygen atoms in total. The third kappa shape index (κ3) is 2.30. The van der Waals surface area contributed by atoms with Gasteiger partial charge in [-0.25, -0.2) is 0 Å². The number of hydrogen-bond acceptors (Lipinski definition) is 4. The summed E-state index contributed by atoms with van der Waals surface area (Å²) in [7, 11) is 3.53. The van der Waals surface area contributed by atoms with Crippen molar-refractivity contribution in [1.29, 1.82) is 0 Å². The van der Waals surface area contributed by atoms with Crippen LogP contribution in [-0.4, -0.2) is 24.4 Å². The molecule has 4 rings (SSSR count). The minimum absolute atomic E-state index is 0.0765. The summed E-state index contributed by atoms with van der Waals surface area (Å²) >= 11 is 0. The maximum atomic E-state index is 12.8. The van der Waals surface area contributed by atoms with Gasteiger partial charge in [-0.3, -0.25) is 24.1 Å². The van der Waals surface area contributed by atoms with Crippen LogP contribution in [0.4, 0.5) is 0 Å². The SMILES string of the molecule is Cn1c(-c2ccc3nccnc3c2)c(-c2ccccc2O)c(=O)n1C. The molecule has 2 aromatic heterocycles. The number of phenols is 1. The maximum Gasteiger partial charge on any atom is 0.275 e. The lowest BCUT2D eigenvalue weighted by molar-refractivity contribution is 0.477. The van der Waals surface area contributed by atoms with Crippen LogP contribution < -0.4 is 5.56 Å². The van der Waals surface area contributed by atoms with E-state index in [2.05, 4.69) is 9.97 Å². The van der Waals surface area contributed by atoms with E-state index < -0.39 is 0 Å². The summed E-state index contributed by atoms with van der Waals surface area (Å²) in [4.78, 5) is 21.4. The fourth-order valence-electron chi connectivity index (χ4n) is 3.08. The molecule has 0 saturated carbocycles. The van der Waals surface area contributed by atoms with Crippen LogP contribution in [0.2, 0.25) is 0 Å². The Morgan fingerprint density at radius 2 is 1.64 bits per heavy atom. The Bertz CT molecular complexity index is 1160. The van der Waals surface area contributed by atoms with E-state index in [4.69, 9.17) is 0 Å². The van der Waals surface area contributed by atoms with Gasteiger partial charge in [-0.1, -0.05) is 24.3 Å². The molecule has 2 heterocycles. The van der Waals surface area contributed by atoms with Gasteiger partial charge >= 0.3 is 0 Å². The average molecular weight is 332 g/mol. The number of para-hydroxylation sites is 1. The van der Waals surface area contributed by atoms with Gasteiger partial charge in [0.15, 0.2) is 0 Å². The van der Waals surface area contributed by atoms with Crippen molar-refractivity contribution in [3.05, 3.63) is 65.2 Å². The van der Waals surface area contributed by atoms with Crippen molar-refractivity contribution in [3.8, 4) is 28.1 Å². The molecule has 4 aromatic rings. The van der Waals surface area contributed by atoms with E-state index in [1.165, 1.54) is 4.68 Å². The average Bonchev–Trinajstić information content (AvgIpc) is 2.86. The Morgan fingerprint density at radius 3 is 2.40 bits per heavy atom. The molecule has 1 N–H and O–H groups in total. The zero-order chi connectivity index (χ0) is 17.6. The number of rotatable bonds is 2. The predicted octanol–water partition coefficient (Wildman–Crippen LogP) is 2.71. The van der Waals surface area contributed by atoms with Gasteiger partial charge in [0, 0.05) is 37.6 Å². The molecule has 124 valence electrons. The van der Waals surface area contributed by atoms with Crippen molar-refractivity contribution in [3.63, 3.8) is 0 Å². The second-order valence-corrected chi connectivity index (χ2v) is 5.85. The first kappa shape index (κ1) is 15.1. The van der Waals surface area contributed by atoms with Crippen molar-refractivity contribution in [1.82, 2.24) is 19.3 Å². The summed E-state index contributed by atoms with van der Waals surface area (Å²) < 4.78 is 3.31. The minimum Gasteiger partial charge on any atom is -0.507 e. The largest absolute Gasteiger partial charge is 0.507 e. The van der Waals surface area contributed by atoms with E-state index in [-0.39, 0.29) is 11.3 Å². The van der Waals surface area contributed by atoms with Crippen LogP contribution in [0.5, 0.6) is 5.75 Å². The van der Waals surface area contributed by atoms with Crippen LogP contribution in [0.3, 0.4) is 0 Å². The van der Waals surface area contributed by atoms with Crippen molar-refractivity contribution in [2.75, 3.05) is 0 Å². The number of benzene rings is 2. The lowest BCUT2D eigenvalue weighted by Gasteiger charge is -2.09. The Morgan fingerprint density at radius 1 is 0.920 bits per heavy atom. The molecule has 0 saturated heterocycles. The van der Waals surface area contributed by atoms with Gasteiger partial charge in [-0.05, 0) is 18.2 Å². The topological polar surface area (TPSA) is 72.9 Å². The molecule has 25 heavy (non-hydrogen) atoms. The summed E-state index contributed by atoms with van der Waals surface area (Å²) in [6, 6.07) is 12.6. The highest BCUT2D eigenvalue weighted by Crippen LogP contribution is 2.35.